The van der Waals surface area contributed by atoms with E-state index in [0.717, 1.165) is 10.9 Å². The highest BCUT2D eigenvalue weighted by atomic mass is 16.5. The van der Waals surface area contributed by atoms with Crippen molar-refractivity contribution in [1.82, 2.24) is 4.98 Å². The van der Waals surface area contributed by atoms with E-state index in [4.69, 9.17) is 9.47 Å². The largest absolute Gasteiger partial charge is 0.494 e. The van der Waals surface area contributed by atoms with Crippen molar-refractivity contribution in [1.29, 1.82) is 0 Å². The summed E-state index contributed by atoms with van der Waals surface area (Å²) in [5, 5.41) is 3.61. The van der Waals surface area contributed by atoms with Gasteiger partial charge in [0.1, 0.15) is 17.9 Å². The molecule has 1 heterocycles. The first-order valence-electron chi connectivity index (χ1n) is 5.46. The van der Waals surface area contributed by atoms with Gasteiger partial charge in [0.15, 0.2) is 0 Å². The number of benzene rings is 1. The second kappa shape index (κ2) is 5.46. The zero-order chi connectivity index (χ0) is 13.0. The third-order valence-electron chi connectivity index (χ3n) is 2.50. The van der Waals surface area contributed by atoms with Crippen molar-refractivity contribution in [3.8, 4) is 5.75 Å². The molecule has 0 aliphatic rings. The molecule has 18 heavy (non-hydrogen) atoms. The molecule has 1 amide bonds. The van der Waals surface area contributed by atoms with Crippen molar-refractivity contribution >= 4 is 22.5 Å². The van der Waals surface area contributed by atoms with Crippen molar-refractivity contribution in [3.63, 3.8) is 0 Å². The monoisotopic (exact) mass is 246 g/mol. The summed E-state index contributed by atoms with van der Waals surface area (Å²) in [6.45, 7) is 0.0216. The summed E-state index contributed by atoms with van der Waals surface area (Å²) in [6.07, 6.45) is 1.69. The fourth-order valence-corrected chi connectivity index (χ4v) is 1.74. The minimum atomic E-state index is -0.201. The molecule has 0 fully saturated rings. The van der Waals surface area contributed by atoms with Gasteiger partial charge in [-0.3, -0.25) is 9.78 Å². The summed E-state index contributed by atoms with van der Waals surface area (Å²) >= 11 is 0. The molecule has 5 heteroatoms. The average molecular weight is 246 g/mol. The zero-order valence-electron chi connectivity index (χ0n) is 10.3. The highest BCUT2D eigenvalue weighted by Gasteiger charge is 2.09. The van der Waals surface area contributed by atoms with Crippen molar-refractivity contribution in [2.24, 2.45) is 0 Å². The lowest BCUT2D eigenvalue weighted by atomic mass is 10.1. The second-order valence-corrected chi connectivity index (χ2v) is 3.70. The van der Waals surface area contributed by atoms with E-state index in [9.17, 15) is 4.79 Å². The minimum Gasteiger partial charge on any atom is -0.494 e. The molecule has 0 saturated heterocycles. The Kier molecular flexibility index (Phi) is 3.74. The summed E-state index contributed by atoms with van der Waals surface area (Å²) in [5.41, 5.74) is 1.41. The molecular weight excluding hydrogens is 232 g/mol. The van der Waals surface area contributed by atoms with E-state index in [2.05, 4.69) is 10.3 Å². The van der Waals surface area contributed by atoms with Crippen LogP contribution in [0.25, 0.3) is 10.9 Å². The topological polar surface area (TPSA) is 60.5 Å². The molecule has 0 aliphatic heterocycles. The number of nitrogens with zero attached hydrogens (tertiary/aromatic N) is 1. The lowest BCUT2D eigenvalue weighted by Crippen LogP contribution is -2.17. The Balaban J connectivity index is 2.43. The number of pyridine rings is 1. The zero-order valence-corrected chi connectivity index (χ0v) is 10.3. The third-order valence-corrected chi connectivity index (χ3v) is 2.50. The first kappa shape index (κ1) is 12.3. The van der Waals surface area contributed by atoms with Gasteiger partial charge in [0.25, 0.3) is 0 Å². The van der Waals surface area contributed by atoms with Gasteiger partial charge < -0.3 is 14.8 Å². The smallest absolute Gasteiger partial charge is 0.250 e. The van der Waals surface area contributed by atoms with Crippen LogP contribution in [0.15, 0.2) is 30.5 Å². The molecule has 2 rings (SSSR count). The number of amides is 1. The highest BCUT2D eigenvalue weighted by Crippen LogP contribution is 2.29. The van der Waals surface area contributed by atoms with Crippen LogP contribution in [0.3, 0.4) is 0 Å². The van der Waals surface area contributed by atoms with Gasteiger partial charge in [-0.15, -0.1) is 0 Å². The number of carbonyl (C=O) groups is 1. The Morgan fingerprint density at radius 1 is 1.33 bits per heavy atom. The molecule has 0 bridgehead atoms. The number of fused-ring (bicyclic) bond motifs is 1. The van der Waals surface area contributed by atoms with E-state index in [1.165, 1.54) is 7.11 Å². The van der Waals surface area contributed by atoms with Crippen LogP contribution in [0.5, 0.6) is 5.75 Å². The number of methoxy groups -OCH3 is 2. The molecule has 1 aromatic heterocycles. The van der Waals surface area contributed by atoms with Gasteiger partial charge in [-0.05, 0) is 24.3 Å². The molecule has 0 radical (unpaired) electrons. The second-order valence-electron chi connectivity index (χ2n) is 3.70. The number of hydrogen-bond donors (Lipinski definition) is 1. The maximum atomic E-state index is 11.5. The number of rotatable bonds is 4. The standard InChI is InChI=1S/C13H14N2O3/c1-17-8-12(16)15-10-5-6-11(18-2)13-9(10)4-3-7-14-13/h3-7H,8H2,1-2H3,(H,15,16). The van der Waals surface area contributed by atoms with Crippen LogP contribution in [0.4, 0.5) is 5.69 Å². The van der Waals surface area contributed by atoms with Crippen LogP contribution in [-0.2, 0) is 9.53 Å². The average Bonchev–Trinajstić information content (AvgIpc) is 2.39. The van der Waals surface area contributed by atoms with Crippen molar-refractivity contribution in [2.75, 3.05) is 26.1 Å². The van der Waals surface area contributed by atoms with E-state index >= 15 is 0 Å². The highest BCUT2D eigenvalue weighted by molar-refractivity contribution is 6.03. The van der Waals surface area contributed by atoms with Crippen LogP contribution in [0.2, 0.25) is 0 Å². The molecule has 0 saturated carbocycles. The van der Waals surface area contributed by atoms with Crippen LogP contribution in [-0.4, -0.2) is 31.7 Å². The molecule has 0 atom stereocenters. The van der Waals surface area contributed by atoms with Gasteiger partial charge in [0.05, 0.1) is 12.8 Å². The van der Waals surface area contributed by atoms with Crippen molar-refractivity contribution in [2.45, 2.75) is 0 Å². The van der Waals surface area contributed by atoms with E-state index in [0.29, 0.717) is 11.4 Å². The van der Waals surface area contributed by atoms with Crippen molar-refractivity contribution < 1.29 is 14.3 Å². The molecule has 2 aromatic rings. The molecule has 0 unspecified atom stereocenters. The summed E-state index contributed by atoms with van der Waals surface area (Å²) in [4.78, 5) is 15.8. The molecule has 5 nitrogen and oxygen atoms in total. The van der Waals surface area contributed by atoms with E-state index in [1.807, 2.05) is 12.1 Å². The fraction of sp³-hybridized carbons (Fsp3) is 0.231. The van der Waals surface area contributed by atoms with Crippen molar-refractivity contribution in [3.05, 3.63) is 30.5 Å². The maximum absolute atomic E-state index is 11.5. The summed E-state index contributed by atoms with van der Waals surface area (Å²) in [7, 11) is 3.07. The number of nitrogens with one attached hydrogen (secondary N) is 1. The Labute approximate surface area is 105 Å². The fourth-order valence-electron chi connectivity index (χ4n) is 1.74. The lowest BCUT2D eigenvalue weighted by Gasteiger charge is -2.10. The molecule has 1 N–H and O–H groups in total. The van der Waals surface area contributed by atoms with E-state index in [1.54, 1.807) is 25.4 Å². The first-order chi connectivity index (χ1) is 8.76. The normalized spacial score (nSPS) is 10.3. The van der Waals surface area contributed by atoms with Crippen LogP contribution in [0.1, 0.15) is 0 Å². The summed E-state index contributed by atoms with van der Waals surface area (Å²) in [5.74, 6) is 0.475. The third kappa shape index (κ3) is 2.41. The van der Waals surface area contributed by atoms with E-state index < -0.39 is 0 Å². The van der Waals surface area contributed by atoms with Gasteiger partial charge >= 0.3 is 0 Å². The predicted molar refractivity (Wildman–Crippen MR) is 68.8 cm³/mol. The maximum Gasteiger partial charge on any atom is 0.250 e. The van der Waals surface area contributed by atoms with Crippen LogP contribution in [0, 0.1) is 0 Å². The molecule has 94 valence electrons. The number of anilines is 1. The Morgan fingerprint density at radius 2 is 2.17 bits per heavy atom. The first-order valence-corrected chi connectivity index (χ1v) is 5.46. The number of aromatic nitrogens is 1. The van der Waals surface area contributed by atoms with Gasteiger partial charge in [-0.1, -0.05) is 0 Å². The predicted octanol–water partition coefficient (Wildman–Crippen LogP) is 1.83. The molecule has 1 aromatic carbocycles. The summed E-state index contributed by atoms with van der Waals surface area (Å²) in [6, 6.07) is 7.26. The minimum absolute atomic E-state index is 0.0216. The molecular formula is C13H14N2O3. The SMILES string of the molecule is COCC(=O)Nc1ccc(OC)c2ncccc12. The van der Waals surface area contributed by atoms with Gasteiger partial charge in [0, 0.05) is 18.7 Å². The van der Waals surface area contributed by atoms with Crippen LogP contribution >= 0.6 is 0 Å². The van der Waals surface area contributed by atoms with Crippen LogP contribution < -0.4 is 10.1 Å². The Morgan fingerprint density at radius 3 is 2.89 bits per heavy atom. The van der Waals surface area contributed by atoms with Gasteiger partial charge in [-0.2, -0.15) is 0 Å². The molecule has 0 aliphatic carbocycles. The number of ether oxygens (including phenoxy) is 2. The van der Waals surface area contributed by atoms with Gasteiger partial charge in [-0.25, -0.2) is 0 Å². The Bertz CT molecular complexity index is 569. The van der Waals surface area contributed by atoms with E-state index in [-0.39, 0.29) is 12.5 Å². The lowest BCUT2D eigenvalue weighted by molar-refractivity contribution is -0.119. The number of carbonyl (C=O) groups excluding carboxylic acids is 1. The Hall–Kier alpha value is -2.14. The quantitative estimate of drug-likeness (QED) is 0.894. The summed E-state index contributed by atoms with van der Waals surface area (Å²) < 4.78 is 10.0. The van der Waals surface area contributed by atoms with Gasteiger partial charge in [0.2, 0.25) is 5.91 Å². The number of hydrogen-bond acceptors (Lipinski definition) is 4. The molecule has 0 spiro atoms.